The summed E-state index contributed by atoms with van der Waals surface area (Å²) in [6, 6.07) is 1.68. The van der Waals surface area contributed by atoms with Crippen LogP contribution < -0.4 is 11.1 Å². The predicted molar refractivity (Wildman–Crippen MR) is 64.4 cm³/mol. The number of hydrogen-bond donors (Lipinski definition) is 2. The summed E-state index contributed by atoms with van der Waals surface area (Å²) in [6.45, 7) is 1.23. The topological polar surface area (TPSA) is 77.2 Å². The normalized spacial score (nSPS) is 9.29. The molecular weight excluding hydrogens is 218 g/mol. The van der Waals surface area contributed by atoms with Gasteiger partial charge in [-0.15, -0.1) is 0 Å². The fourth-order valence-corrected chi connectivity index (χ4v) is 1.15. The van der Waals surface area contributed by atoms with Crippen LogP contribution in [0, 0.1) is 11.8 Å². The summed E-state index contributed by atoms with van der Waals surface area (Å²) in [5, 5.41) is 2.71. The number of carbonyl (C=O) groups is 1. The van der Waals surface area contributed by atoms with Crippen molar-refractivity contribution in [2.24, 2.45) is 5.73 Å². The van der Waals surface area contributed by atoms with Crippen LogP contribution >= 0.6 is 0 Å². The zero-order valence-corrected chi connectivity index (χ0v) is 9.69. The molecule has 1 heterocycles. The maximum atomic E-state index is 11.7. The lowest BCUT2D eigenvalue weighted by Gasteiger charge is -2.04. The Hall–Kier alpha value is -1.90. The molecule has 5 heteroatoms. The Morgan fingerprint density at radius 1 is 1.59 bits per heavy atom. The zero-order valence-electron chi connectivity index (χ0n) is 9.69. The van der Waals surface area contributed by atoms with E-state index in [0.29, 0.717) is 24.3 Å². The van der Waals surface area contributed by atoms with E-state index in [1.807, 2.05) is 0 Å². The molecule has 0 aliphatic heterocycles. The molecule has 0 fully saturated rings. The molecule has 0 unspecified atom stereocenters. The van der Waals surface area contributed by atoms with Gasteiger partial charge in [-0.1, -0.05) is 11.8 Å². The molecule has 1 aromatic heterocycles. The van der Waals surface area contributed by atoms with Crippen molar-refractivity contribution in [2.75, 3.05) is 26.8 Å². The molecule has 1 rings (SSSR count). The Balaban J connectivity index is 2.67. The molecule has 5 nitrogen and oxygen atoms in total. The molecule has 1 amide bonds. The average Bonchev–Trinajstić information content (AvgIpc) is 2.37. The Morgan fingerprint density at radius 2 is 2.41 bits per heavy atom. The van der Waals surface area contributed by atoms with Crippen LogP contribution in [0.2, 0.25) is 0 Å². The van der Waals surface area contributed by atoms with Crippen LogP contribution in [0.4, 0.5) is 0 Å². The Kier molecular flexibility index (Phi) is 5.72. The van der Waals surface area contributed by atoms with Crippen LogP contribution in [0.15, 0.2) is 18.5 Å². The first-order valence-electron chi connectivity index (χ1n) is 5.19. The van der Waals surface area contributed by atoms with Gasteiger partial charge in [-0.3, -0.25) is 9.78 Å². The summed E-state index contributed by atoms with van der Waals surface area (Å²) < 4.78 is 4.84. The van der Waals surface area contributed by atoms with Gasteiger partial charge in [-0.05, 0) is 6.07 Å². The van der Waals surface area contributed by atoms with Crippen molar-refractivity contribution < 1.29 is 9.53 Å². The third kappa shape index (κ3) is 4.64. The first kappa shape index (κ1) is 13.2. The van der Waals surface area contributed by atoms with Crippen molar-refractivity contribution in [2.45, 2.75) is 0 Å². The molecule has 0 atom stereocenters. The number of hydrogen-bond acceptors (Lipinski definition) is 4. The van der Waals surface area contributed by atoms with E-state index in [2.05, 4.69) is 22.1 Å². The van der Waals surface area contributed by atoms with E-state index in [1.54, 1.807) is 19.4 Å². The molecule has 90 valence electrons. The lowest BCUT2D eigenvalue weighted by molar-refractivity contribution is 0.0936. The second-order valence-corrected chi connectivity index (χ2v) is 3.22. The average molecular weight is 233 g/mol. The smallest absolute Gasteiger partial charge is 0.252 e. The highest BCUT2D eigenvalue weighted by molar-refractivity contribution is 5.94. The lowest BCUT2D eigenvalue weighted by Crippen LogP contribution is -2.27. The summed E-state index contributed by atoms with van der Waals surface area (Å²) in [5.74, 6) is 5.34. The number of carbonyl (C=O) groups excluding carboxylic acids is 1. The highest BCUT2D eigenvalue weighted by Gasteiger charge is 2.05. The van der Waals surface area contributed by atoms with E-state index >= 15 is 0 Å². The van der Waals surface area contributed by atoms with E-state index in [4.69, 9.17) is 10.5 Å². The summed E-state index contributed by atoms with van der Waals surface area (Å²) in [5.41, 5.74) is 6.42. The Labute approximate surface area is 100 Å². The molecule has 0 radical (unpaired) electrons. The number of rotatable bonds is 4. The second kappa shape index (κ2) is 7.39. The molecular formula is C12H15N3O2. The second-order valence-electron chi connectivity index (χ2n) is 3.22. The first-order valence-corrected chi connectivity index (χ1v) is 5.19. The SMILES string of the molecule is COCCNC(=O)c1cncc(C#CCN)c1. The van der Waals surface area contributed by atoms with E-state index in [-0.39, 0.29) is 12.5 Å². The highest BCUT2D eigenvalue weighted by Crippen LogP contribution is 2.01. The highest BCUT2D eigenvalue weighted by atomic mass is 16.5. The van der Waals surface area contributed by atoms with E-state index < -0.39 is 0 Å². The first-order chi connectivity index (χ1) is 8.27. The van der Waals surface area contributed by atoms with Gasteiger partial charge in [-0.2, -0.15) is 0 Å². The molecule has 0 aromatic carbocycles. The number of aromatic nitrogens is 1. The molecule has 0 spiro atoms. The number of methoxy groups -OCH3 is 1. The van der Waals surface area contributed by atoms with Gasteiger partial charge in [0.15, 0.2) is 0 Å². The van der Waals surface area contributed by atoms with Crippen molar-refractivity contribution in [3.63, 3.8) is 0 Å². The minimum absolute atomic E-state index is 0.189. The number of amides is 1. The third-order valence-corrected chi connectivity index (χ3v) is 1.93. The Morgan fingerprint density at radius 3 is 3.12 bits per heavy atom. The van der Waals surface area contributed by atoms with Crippen molar-refractivity contribution >= 4 is 5.91 Å². The van der Waals surface area contributed by atoms with Crippen molar-refractivity contribution in [1.82, 2.24) is 10.3 Å². The van der Waals surface area contributed by atoms with Crippen LogP contribution in [0.25, 0.3) is 0 Å². The van der Waals surface area contributed by atoms with Crippen LogP contribution in [-0.4, -0.2) is 37.7 Å². The summed E-state index contributed by atoms with van der Waals surface area (Å²) in [7, 11) is 1.58. The van der Waals surface area contributed by atoms with Crippen molar-refractivity contribution in [1.29, 1.82) is 0 Å². The van der Waals surface area contributed by atoms with Crippen LogP contribution in [-0.2, 0) is 4.74 Å². The fourth-order valence-electron chi connectivity index (χ4n) is 1.15. The monoisotopic (exact) mass is 233 g/mol. The third-order valence-electron chi connectivity index (χ3n) is 1.93. The summed E-state index contributed by atoms with van der Waals surface area (Å²) in [6.07, 6.45) is 3.09. The summed E-state index contributed by atoms with van der Waals surface area (Å²) in [4.78, 5) is 15.6. The van der Waals surface area contributed by atoms with Gasteiger partial charge in [0.05, 0.1) is 18.7 Å². The van der Waals surface area contributed by atoms with Crippen molar-refractivity contribution in [3.8, 4) is 11.8 Å². The maximum Gasteiger partial charge on any atom is 0.252 e. The molecule has 0 aliphatic rings. The molecule has 3 N–H and O–H groups in total. The quantitative estimate of drug-likeness (QED) is 0.556. The minimum Gasteiger partial charge on any atom is -0.383 e. The van der Waals surface area contributed by atoms with Gasteiger partial charge in [0.2, 0.25) is 0 Å². The van der Waals surface area contributed by atoms with Gasteiger partial charge in [0.25, 0.3) is 5.91 Å². The van der Waals surface area contributed by atoms with E-state index in [9.17, 15) is 4.79 Å². The molecule has 1 aromatic rings. The zero-order chi connectivity index (χ0) is 12.5. The molecule has 0 bridgehead atoms. The number of pyridine rings is 1. The van der Waals surface area contributed by atoms with E-state index in [0.717, 1.165) is 0 Å². The molecule has 0 saturated carbocycles. The largest absolute Gasteiger partial charge is 0.383 e. The molecule has 0 aliphatic carbocycles. The van der Waals surface area contributed by atoms with Crippen LogP contribution in [0.1, 0.15) is 15.9 Å². The molecule has 17 heavy (non-hydrogen) atoms. The predicted octanol–water partition coefficient (Wildman–Crippen LogP) is -0.232. The fraction of sp³-hybridized carbons (Fsp3) is 0.333. The van der Waals surface area contributed by atoms with Gasteiger partial charge in [0.1, 0.15) is 0 Å². The molecule has 0 saturated heterocycles. The Bertz CT molecular complexity index is 435. The van der Waals surface area contributed by atoms with Gasteiger partial charge in [0, 0.05) is 31.6 Å². The number of nitrogens with two attached hydrogens (primary N) is 1. The van der Waals surface area contributed by atoms with Crippen molar-refractivity contribution in [3.05, 3.63) is 29.6 Å². The van der Waals surface area contributed by atoms with E-state index in [1.165, 1.54) is 6.20 Å². The minimum atomic E-state index is -0.189. The van der Waals surface area contributed by atoms with Gasteiger partial charge < -0.3 is 15.8 Å². The number of nitrogens with zero attached hydrogens (tertiary/aromatic N) is 1. The van der Waals surface area contributed by atoms with Gasteiger partial charge >= 0.3 is 0 Å². The number of ether oxygens (including phenoxy) is 1. The lowest BCUT2D eigenvalue weighted by atomic mass is 10.2. The number of nitrogens with one attached hydrogen (secondary N) is 1. The maximum absolute atomic E-state index is 11.7. The standard InChI is InChI=1S/C12H15N3O2/c1-17-6-5-15-12(16)11-7-10(3-2-4-13)8-14-9-11/h7-9H,4-6,13H2,1H3,(H,15,16). The summed E-state index contributed by atoms with van der Waals surface area (Å²) >= 11 is 0. The van der Waals surface area contributed by atoms with Gasteiger partial charge in [-0.25, -0.2) is 0 Å². The van der Waals surface area contributed by atoms with Crippen LogP contribution in [0.3, 0.4) is 0 Å². The van der Waals surface area contributed by atoms with Crippen LogP contribution in [0.5, 0.6) is 0 Å².